The maximum Gasteiger partial charge on any atom is 0.131 e. The predicted octanol–water partition coefficient (Wildman–Crippen LogP) is 8.75. The Morgan fingerprint density at radius 3 is 2.51 bits per heavy atom. The van der Waals surface area contributed by atoms with E-state index in [9.17, 15) is 5.26 Å². The lowest BCUT2D eigenvalue weighted by atomic mass is 10.1. The van der Waals surface area contributed by atoms with Crippen molar-refractivity contribution < 1.29 is 14.2 Å². The van der Waals surface area contributed by atoms with Crippen molar-refractivity contribution in [3.63, 3.8) is 0 Å². The van der Waals surface area contributed by atoms with E-state index in [0.29, 0.717) is 31.2 Å². The van der Waals surface area contributed by atoms with Crippen molar-refractivity contribution in [2.24, 2.45) is 5.92 Å². The molecule has 0 amide bonds. The van der Waals surface area contributed by atoms with Gasteiger partial charge in [0.1, 0.15) is 17.2 Å². The molecule has 4 aromatic rings. The Morgan fingerprint density at radius 1 is 0.930 bits per heavy atom. The fourth-order valence-corrected chi connectivity index (χ4v) is 5.75. The third-order valence-corrected chi connectivity index (χ3v) is 8.39. The molecule has 1 saturated heterocycles. The van der Waals surface area contributed by atoms with Crippen LogP contribution in [0.5, 0.6) is 17.2 Å². The van der Waals surface area contributed by atoms with E-state index in [1.165, 1.54) is 5.56 Å². The summed E-state index contributed by atoms with van der Waals surface area (Å²) in [6, 6.07) is 32.6. The van der Waals surface area contributed by atoms with Crippen molar-refractivity contribution in [3.05, 3.63) is 113 Å². The Bertz CT molecular complexity index is 1510. The van der Waals surface area contributed by atoms with Crippen molar-refractivity contribution >= 4 is 23.3 Å². The summed E-state index contributed by atoms with van der Waals surface area (Å²) in [5, 5.41) is 9.45. The Balaban J connectivity index is 1.30. The average molecular weight is 594 g/mol. The first kappa shape index (κ1) is 30.3. The minimum atomic E-state index is 0.453. The SMILES string of the molecule is CCCSNc1cccc(N(Cc2ccc(Oc3cccc(OCC4CCOC4)c3)cc2)Cc2cccc(C#N)c2)c1C. The van der Waals surface area contributed by atoms with Gasteiger partial charge in [0.2, 0.25) is 0 Å². The molecular formula is C36H39N3O3S. The molecule has 1 unspecified atom stereocenters. The average Bonchev–Trinajstić information content (AvgIpc) is 3.56. The molecule has 0 aromatic heterocycles. The third-order valence-electron chi connectivity index (χ3n) is 7.41. The molecule has 7 heteroatoms. The van der Waals surface area contributed by atoms with Gasteiger partial charge in [0, 0.05) is 48.8 Å². The zero-order valence-corrected chi connectivity index (χ0v) is 25.7. The molecule has 0 spiro atoms. The monoisotopic (exact) mass is 593 g/mol. The summed E-state index contributed by atoms with van der Waals surface area (Å²) in [7, 11) is 0. The molecule has 43 heavy (non-hydrogen) atoms. The summed E-state index contributed by atoms with van der Waals surface area (Å²) in [5.74, 6) is 3.82. The van der Waals surface area contributed by atoms with Gasteiger partial charge in [0.15, 0.2) is 0 Å². The lowest BCUT2D eigenvalue weighted by molar-refractivity contribution is 0.167. The first-order valence-corrected chi connectivity index (χ1v) is 15.9. The second-order valence-electron chi connectivity index (χ2n) is 10.8. The van der Waals surface area contributed by atoms with Crippen LogP contribution in [0.3, 0.4) is 0 Å². The Morgan fingerprint density at radius 2 is 1.72 bits per heavy atom. The smallest absolute Gasteiger partial charge is 0.131 e. The van der Waals surface area contributed by atoms with Crippen molar-refractivity contribution in [2.45, 2.75) is 39.8 Å². The van der Waals surface area contributed by atoms with Gasteiger partial charge in [-0.15, -0.1) is 0 Å². The van der Waals surface area contributed by atoms with Gasteiger partial charge in [-0.3, -0.25) is 0 Å². The number of nitrogens with zero attached hydrogens (tertiary/aromatic N) is 2. The Labute approximate surface area is 259 Å². The summed E-state index contributed by atoms with van der Waals surface area (Å²) in [5.41, 5.74) is 6.41. The Kier molecular flexibility index (Phi) is 10.9. The second kappa shape index (κ2) is 15.4. The van der Waals surface area contributed by atoms with E-state index in [4.69, 9.17) is 14.2 Å². The highest BCUT2D eigenvalue weighted by Gasteiger charge is 2.17. The van der Waals surface area contributed by atoms with Gasteiger partial charge in [-0.2, -0.15) is 5.26 Å². The third kappa shape index (κ3) is 8.70. The van der Waals surface area contributed by atoms with E-state index in [2.05, 4.69) is 65.9 Å². The maximum absolute atomic E-state index is 9.45. The summed E-state index contributed by atoms with van der Waals surface area (Å²) >= 11 is 1.73. The number of nitriles is 1. The second-order valence-corrected chi connectivity index (χ2v) is 11.7. The minimum absolute atomic E-state index is 0.453. The van der Waals surface area contributed by atoms with Gasteiger partial charge in [-0.1, -0.05) is 55.3 Å². The molecule has 4 aromatic carbocycles. The molecule has 1 aliphatic heterocycles. The number of ether oxygens (including phenoxy) is 3. The van der Waals surface area contributed by atoms with Gasteiger partial charge in [0.25, 0.3) is 0 Å². The maximum atomic E-state index is 9.45. The number of hydrogen-bond donors (Lipinski definition) is 1. The van der Waals surface area contributed by atoms with Gasteiger partial charge >= 0.3 is 0 Å². The van der Waals surface area contributed by atoms with Crippen LogP contribution in [0.15, 0.2) is 91.0 Å². The van der Waals surface area contributed by atoms with Crippen LogP contribution in [0.25, 0.3) is 0 Å². The van der Waals surface area contributed by atoms with Crippen LogP contribution >= 0.6 is 11.9 Å². The van der Waals surface area contributed by atoms with E-state index in [0.717, 1.165) is 71.6 Å². The zero-order valence-electron chi connectivity index (χ0n) is 24.9. The molecule has 6 nitrogen and oxygen atoms in total. The van der Waals surface area contributed by atoms with Gasteiger partial charge < -0.3 is 23.8 Å². The van der Waals surface area contributed by atoms with Gasteiger partial charge in [-0.05, 0) is 85.0 Å². The molecule has 0 aliphatic carbocycles. The van der Waals surface area contributed by atoms with Crippen LogP contribution in [0, 0.1) is 24.2 Å². The highest BCUT2D eigenvalue weighted by molar-refractivity contribution is 8.00. The number of rotatable bonds is 14. The van der Waals surface area contributed by atoms with Crippen LogP contribution in [0.4, 0.5) is 11.4 Å². The highest BCUT2D eigenvalue weighted by Crippen LogP contribution is 2.32. The molecule has 1 fully saturated rings. The molecule has 0 radical (unpaired) electrons. The normalized spacial score (nSPS) is 14.2. The van der Waals surface area contributed by atoms with Crippen molar-refractivity contribution in [3.8, 4) is 23.3 Å². The van der Waals surface area contributed by atoms with E-state index in [-0.39, 0.29) is 0 Å². The molecule has 1 N–H and O–H groups in total. The van der Waals surface area contributed by atoms with Crippen LogP contribution < -0.4 is 19.1 Å². The summed E-state index contributed by atoms with van der Waals surface area (Å²) in [6.45, 7) is 7.99. The number of benzene rings is 4. The number of anilines is 2. The van der Waals surface area contributed by atoms with Crippen LogP contribution in [0.1, 0.15) is 42.0 Å². The first-order valence-electron chi connectivity index (χ1n) is 14.9. The molecule has 222 valence electrons. The summed E-state index contributed by atoms with van der Waals surface area (Å²) < 4.78 is 21.2. The van der Waals surface area contributed by atoms with Crippen molar-refractivity contribution in [1.29, 1.82) is 5.26 Å². The van der Waals surface area contributed by atoms with E-state index >= 15 is 0 Å². The van der Waals surface area contributed by atoms with E-state index < -0.39 is 0 Å². The Hall–Kier alpha value is -4.12. The molecule has 0 bridgehead atoms. The molecular weight excluding hydrogens is 554 g/mol. The highest BCUT2D eigenvalue weighted by atomic mass is 32.2. The fourth-order valence-electron chi connectivity index (χ4n) is 5.07. The summed E-state index contributed by atoms with van der Waals surface area (Å²) in [6.07, 6.45) is 2.17. The molecule has 0 saturated carbocycles. The van der Waals surface area contributed by atoms with E-state index in [1.54, 1.807) is 11.9 Å². The van der Waals surface area contributed by atoms with Gasteiger partial charge in [-0.25, -0.2) is 0 Å². The lowest BCUT2D eigenvalue weighted by Gasteiger charge is -2.28. The standard InChI is InChI=1S/C36H39N3O3S/c1-3-19-43-38-35-11-6-12-36(27(35)2)39(24-30-8-4-7-29(20-30)22-37)23-28-13-15-32(16-14-28)42-34-10-5-9-33(21-34)41-26-31-17-18-40-25-31/h4-16,20-21,31,38H,3,17-19,23-26H2,1-2H3. The largest absolute Gasteiger partial charge is 0.493 e. The first-order chi connectivity index (χ1) is 21.1. The van der Waals surface area contributed by atoms with Crippen molar-refractivity contribution in [2.75, 3.05) is 35.2 Å². The van der Waals surface area contributed by atoms with Crippen LogP contribution in [0.2, 0.25) is 0 Å². The number of hydrogen-bond acceptors (Lipinski definition) is 7. The van der Waals surface area contributed by atoms with Crippen molar-refractivity contribution in [1.82, 2.24) is 0 Å². The molecule has 5 rings (SSSR count). The fraction of sp³-hybridized carbons (Fsp3) is 0.306. The topological polar surface area (TPSA) is 66.8 Å². The molecule has 1 aliphatic rings. The minimum Gasteiger partial charge on any atom is -0.493 e. The predicted molar refractivity (Wildman–Crippen MR) is 176 cm³/mol. The summed E-state index contributed by atoms with van der Waals surface area (Å²) in [4.78, 5) is 2.37. The van der Waals surface area contributed by atoms with E-state index in [1.807, 2.05) is 54.6 Å². The molecule has 1 heterocycles. The van der Waals surface area contributed by atoms with Gasteiger partial charge in [0.05, 0.1) is 24.8 Å². The van der Waals surface area contributed by atoms with Crippen LogP contribution in [-0.4, -0.2) is 25.6 Å². The number of nitrogens with one attached hydrogen (secondary N) is 1. The zero-order chi connectivity index (χ0) is 29.9. The lowest BCUT2D eigenvalue weighted by Crippen LogP contribution is -2.23. The van der Waals surface area contributed by atoms with Crippen LogP contribution in [-0.2, 0) is 17.8 Å². The molecule has 1 atom stereocenters. The quantitative estimate of drug-likeness (QED) is 0.116.